The first-order valence-electron chi connectivity index (χ1n) is 11.5. The minimum absolute atomic E-state index is 0.00862. The van der Waals surface area contributed by atoms with Crippen molar-refractivity contribution in [1.82, 2.24) is 19.7 Å². The van der Waals surface area contributed by atoms with Crippen molar-refractivity contribution >= 4 is 11.6 Å². The van der Waals surface area contributed by atoms with Gasteiger partial charge in [0.05, 0.1) is 29.3 Å². The van der Waals surface area contributed by atoms with E-state index in [2.05, 4.69) is 76.5 Å². The largest absolute Gasteiger partial charge is 0.372 e. The third-order valence-corrected chi connectivity index (χ3v) is 7.43. The Balaban J connectivity index is 1.20. The molecule has 5 heterocycles. The number of nitrogens with one attached hydrogen (secondary N) is 2. The van der Waals surface area contributed by atoms with E-state index in [1.54, 1.807) is 0 Å². The van der Waals surface area contributed by atoms with Gasteiger partial charge >= 0.3 is 0 Å². The highest BCUT2D eigenvalue weighted by Crippen LogP contribution is 2.50. The molecule has 7 heteroatoms. The molecule has 2 aromatic heterocycles. The van der Waals surface area contributed by atoms with Crippen molar-refractivity contribution in [3.05, 3.63) is 65.7 Å². The van der Waals surface area contributed by atoms with Crippen LogP contribution in [-0.2, 0) is 10.3 Å². The second-order valence-corrected chi connectivity index (χ2v) is 9.79. The molecule has 3 aliphatic heterocycles. The monoisotopic (exact) mass is 431 g/mol. The van der Waals surface area contributed by atoms with E-state index in [-0.39, 0.29) is 17.0 Å². The number of benzene rings is 1. The zero-order valence-electron chi connectivity index (χ0n) is 18.6. The van der Waals surface area contributed by atoms with Crippen molar-refractivity contribution in [2.45, 2.75) is 50.2 Å². The number of aromatic nitrogens is 3. The summed E-state index contributed by atoms with van der Waals surface area (Å²) in [5.74, 6) is 0.332. The summed E-state index contributed by atoms with van der Waals surface area (Å²) in [5, 5.41) is 11.1. The molecule has 0 radical (unpaired) electrons. The van der Waals surface area contributed by atoms with Crippen molar-refractivity contribution in [3.63, 3.8) is 0 Å². The zero-order valence-corrected chi connectivity index (χ0v) is 18.6. The van der Waals surface area contributed by atoms with E-state index in [0.717, 1.165) is 30.6 Å². The zero-order chi connectivity index (χ0) is 21.9. The molecular weight excluding hydrogens is 402 g/mol. The summed E-state index contributed by atoms with van der Waals surface area (Å²) in [6.45, 7) is 6.20. The van der Waals surface area contributed by atoms with E-state index in [1.807, 2.05) is 11.0 Å². The molecule has 3 aliphatic rings. The number of para-hydroxylation sites is 2. The van der Waals surface area contributed by atoms with Crippen LogP contribution in [0.15, 0.2) is 48.7 Å². The molecule has 2 fully saturated rings. The summed E-state index contributed by atoms with van der Waals surface area (Å²) in [4.78, 5) is 14.9. The summed E-state index contributed by atoms with van der Waals surface area (Å²) in [5.41, 5.74) is 4.64. The smallest absolute Gasteiger partial charge is 0.274 e. The number of carbonyl (C=O) groups excluding carboxylic acids is 1. The predicted molar refractivity (Wildman–Crippen MR) is 122 cm³/mol. The van der Waals surface area contributed by atoms with E-state index < -0.39 is 0 Å². The molecule has 2 saturated heterocycles. The fourth-order valence-electron chi connectivity index (χ4n) is 5.61. The molecule has 6 rings (SSSR count). The van der Waals surface area contributed by atoms with E-state index in [1.165, 1.54) is 11.4 Å². The Bertz CT molecular complexity index is 1170. The first-order valence-corrected chi connectivity index (χ1v) is 11.5. The first kappa shape index (κ1) is 19.6. The third kappa shape index (κ3) is 2.91. The standard InChI is InChI=1S/C25H29N5O2/c1-17(2)19-14-20(28-27-19)23(31)29-12-9-24(10-13-29)15-25(16-32-24)22-8-5-11-30(22)21-7-4-3-6-18(21)26-25/h3-8,11,14,17,26H,9-10,12-13,15-16H2,1-2H3,(H,27,28)/t25-/m0/s1. The average molecular weight is 432 g/mol. The number of H-pyrrole nitrogens is 1. The Kier molecular flexibility index (Phi) is 4.27. The minimum Gasteiger partial charge on any atom is -0.372 e. The number of hydrogen-bond donors (Lipinski definition) is 2. The molecule has 1 aromatic carbocycles. The van der Waals surface area contributed by atoms with E-state index >= 15 is 0 Å². The van der Waals surface area contributed by atoms with Gasteiger partial charge in [-0.25, -0.2) is 0 Å². The average Bonchev–Trinajstić information content (AvgIpc) is 3.54. The van der Waals surface area contributed by atoms with Crippen LogP contribution in [-0.4, -0.2) is 50.9 Å². The topological polar surface area (TPSA) is 75.2 Å². The number of rotatable bonds is 2. The van der Waals surface area contributed by atoms with Gasteiger partial charge in [0, 0.05) is 31.4 Å². The van der Waals surface area contributed by atoms with E-state index in [9.17, 15) is 4.79 Å². The number of hydrogen-bond acceptors (Lipinski definition) is 4. The summed E-state index contributed by atoms with van der Waals surface area (Å²) >= 11 is 0. The molecule has 1 amide bonds. The highest BCUT2D eigenvalue weighted by atomic mass is 16.5. The molecule has 166 valence electrons. The molecule has 0 aliphatic carbocycles. The molecule has 2 spiro atoms. The fourth-order valence-corrected chi connectivity index (χ4v) is 5.61. The van der Waals surface area contributed by atoms with Crippen LogP contribution in [0.3, 0.4) is 0 Å². The lowest BCUT2D eigenvalue weighted by Crippen LogP contribution is -2.48. The molecule has 1 atom stereocenters. The van der Waals surface area contributed by atoms with Gasteiger partial charge in [-0.3, -0.25) is 9.89 Å². The van der Waals surface area contributed by atoms with Crippen molar-refractivity contribution in [2.24, 2.45) is 0 Å². The molecule has 3 aromatic rings. The minimum atomic E-state index is -0.238. The summed E-state index contributed by atoms with van der Waals surface area (Å²) in [6.07, 6.45) is 4.72. The van der Waals surface area contributed by atoms with Crippen LogP contribution in [0.1, 0.15) is 60.9 Å². The Morgan fingerprint density at radius 2 is 1.97 bits per heavy atom. The predicted octanol–water partition coefficient (Wildman–Crippen LogP) is 4.04. The van der Waals surface area contributed by atoms with E-state index in [4.69, 9.17) is 4.74 Å². The molecule has 2 N–H and O–H groups in total. The molecule has 32 heavy (non-hydrogen) atoms. The second-order valence-electron chi connectivity index (χ2n) is 9.79. The Morgan fingerprint density at radius 3 is 2.75 bits per heavy atom. The molecule has 0 bridgehead atoms. The molecule has 0 saturated carbocycles. The van der Waals surface area contributed by atoms with Crippen LogP contribution >= 0.6 is 0 Å². The van der Waals surface area contributed by atoms with Crippen LogP contribution in [0.2, 0.25) is 0 Å². The SMILES string of the molecule is CC(C)c1cc(C(=O)N2CCC3(CC2)C[C@@]2(CO3)Nc3ccccc3-n3cccc32)n[nH]1. The van der Waals surface area contributed by atoms with Crippen molar-refractivity contribution < 1.29 is 9.53 Å². The van der Waals surface area contributed by atoms with Crippen molar-refractivity contribution in [2.75, 3.05) is 25.0 Å². The molecule has 0 unspecified atom stereocenters. The highest BCUT2D eigenvalue weighted by Gasteiger charge is 2.54. The lowest BCUT2D eigenvalue weighted by molar-refractivity contribution is -0.0393. The molecular formula is C25H29N5O2. The summed E-state index contributed by atoms with van der Waals surface area (Å²) in [7, 11) is 0. The van der Waals surface area contributed by atoms with Crippen molar-refractivity contribution in [1.29, 1.82) is 0 Å². The Hall–Kier alpha value is -3.06. The first-order chi connectivity index (χ1) is 15.5. The van der Waals surface area contributed by atoms with Crippen LogP contribution < -0.4 is 5.32 Å². The maximum absolute atomic E-state index is 13.0. The van der Waals surface area contributed by atoms with Crippen LogP contribution in [0.5, 0.6) is 0 Å². The van der Waals surface area contributed by atoms with Crippen LogP contribution in [0, 0.1) is 0 Å². The van der Waals surface area contributed by atoms with Gasteiger partial charge in [-0.05, 0) is 49.1 Å². The van der Waals surface area contributed by atoms with Gasteiger partial charge in [-0.1, -0.05) is 26.0 Å². The maximum atomic E-state index is 13.0. The van der Waals surface area contributed by atoms with Gasteiger partial charge < -0.3 is 19.5 Å². The highest BCUT2D eigenvalue weighted by molar-refractivity contribution is 5.92. The van der Waals surface area contributed by atoms with Gasteiger partial charge in [-0.2, -0.15) is 5.10 Å². The van der Waals surface area contributed by atoms with Gasteiger partial charge in [0.15, 0.2) is 0 Å². The lowest BCUT2D eigenvalue weighted by Gasteiger charge is -2.41. The number of ether oxygens (including phenoxy) is 1. The lowest BCUT2D eigenvalue weighted by atomic mass is 9.79. The van der Waals surface area contributed by atoms with Crippen molar-refractivity contribution in [3.8, 4) is 5.69 Å². The molecule has 7 nitrogen and oxygen atoms in total. The Morgan fingerprint density at radius 1 is 1.16 bits per heavy atom. The quantitative estimate of drug-likeness (QED) is 0.642. The normalized spacial score (nSPS) is 23.4. The van der Waals surface area contributed by atoms with Gasteiger partial charge in [0.2, 0.25) is 0 Å². The number of amides is 1. The summed E-state index contributed by atoms with van der Waals surface area (Å²) < 4.78 is 8.84. The summed E-state index contributed by atoms with van der Waals surface area (Å²) in [6, 6.07) is 14.6. The van der Waals surface area contributed by atoms with E-state index in [0.29, 0.717) is 31.3 Å². The van der Waals surface area contributed by atoms with Crippen LogP contribution in [0.4, 0.5) is 5.69 Å². The third-order valence-electron chi connectivity index (χ3n) is 7.43. The van der Waals surface area contributed by atoms with Crippen LogP contribution in [0.25, 0.3) is 5.69 Å². The number of fused-ring (bicyclic) bond motifs is 4. The number of anilines is 1. The number of carbonyl (C=O) groups is 1. The number of nitrogens with zero attached hydrogens (tertiary/aromatic N) is 3. The Labute approximate surface area is 187 Å². The van der Waals surface area contributed by atoms with Gasteiger partial charge in [-0.15, -0.1) is 0 Å². The van der Waals surface area contributed by atoms with Gasteiger partial charge in [0.25, 0.3) is 5.91 Å². The second kappa shape index (κ2) is 6.97. The fraction of sp³-hybridized carbons (Fsp3) is 0.440. The number of likely N-dealkylation sites (tertiary alicyclic amines) is 1. The van der Waals surface area contributed by atoms with Gasteiger partial charge in [0.1, 0.15) is 11.2 Å². The number of piperidine rings is 1. The number of aromatic amines is 1. The maximum Gasteiger partial charge on any atom is 0.274 e.